The average Bonchev–Trinajstić information content (AvgIpc) is 3.32. The second-order valence-corrected chi connectivity index (χ2v) is 10.4. The summed E-state index contributed by atoms with van der Waals surface area (Å²) in [5, 5.41) is 1.05. The van der Waals surface area contributed by atoms with Crippen LogP contribution in [0.1, 0.15) is 31.6 Å². The van der Waals surface area contributed by atoms with E-state index in [9.17, 15) is 9.59 Å². The van der Waals surface area contributed by atoms with Gasteiger partial charge in [0.1, 0.15) is 22.9 Å². The van der Waals surface area contributed by atoms with Crippen LogP contribution in [-0.2, 0) is 14.3 Å². The maximum absolute atomic E-state index is 15.5. The van der Waals surface area contributed by atoms with Gasteiger partial charge in [-0.1, -0.05) is 11.6 Å². The lowest BCUT2D eigenvalue weighted by Crippen LogP contribution is -2.41. The highest BCUT2D eigenvalue weighted by molar-refractivity contribution is 6.33. The SMILES string of the molecule is CC(=O)OCC(=O)N1CCC(n2c(C)nc3cnc4cc(F)c(-c5ccc(Oc6ncccn6)cc5Cl)cc4c32)CC1. The molecule has 0 bridgehead atoms. The van der Waals surface area contributed by atoms with E-state index in [1.807, 2.05) is 6.92 Å². The van der Waals surface area contributed by atoms with Crippen LogP contribution < -0.4 is 4.74 Å². The molecule has 0 radical (unpaired) electrons. The number of aromatic nitrogens is 5. The van der Waals surface area contributed by atoms with Crippen molar-refractivity contribution in [1.82, 2.24) is 29.4 Å². The molecule has 2 aromatic carbocycles. The molecule has 0 unspecified atom stereocenters. The number of hydrogen-bond acceptors (Lipinski definition) is 8. The molecule has 214 valence electrons. The number of rotatable bonds is 6. The molecule has 0 atom stereocenters. The molecule has 4 heterocycles. The zero-order chi connectivity index (χ0) is 29.4. The molecule has 12 heteroatoms. The van der Waals surface area contributed by atoms with Crippen molar-refractivity contribution in [3.05, 3.63) is 71.7 Å². The summed E-state index contributed by atoms with van der Waals surface area (Å²) < 4.78 is 28.2. The zero-order valence-electron chi connectivity index (χ0n) is 22.9. The van der Waals surface area contributed by atoms with Crippen molar-refractivity contribution in [2.75, 3.05) is 19.7 Å². The normalized spacial score (nSPS) is 14.0. The largest absolute Gasteiger partial charge is 0.456 e. The number of carbonyl (C=O) groups is 2. The Bertz CT molecular complexity index is 1820. The molecule has 5 aromatic rings. The van der Waals surface area contributed by atoms with Gasteiger partial charge in [-0.05, 0) is 44.0 Å². The summed E-state index contributed by atoms with van der Waals surface area (Å²) in [6.07, 6.45) is 6.17. The van der Waals surface area contributed by atoms with E-state index in [1.54, 1.807) is 53.8 Å². The smallest absolute Gasteiger partial charge is 0.321 e. The fourth-order valence-electron chi connectivity index (χ4n) is 5.42. The number of aryl methyl sites for hydroxylation is 1. The number of imidazole rings is 1. The molecule has 1 aliphatic rings. The number of amides is 1. The first-order valence-corrected chi connectivity index (χ1v) is 13.8. The number of likely N-dealkylation sites (tertiary alicyclic amines) is 1. The molecule has 42 heavy (non-hydrogen) atoms. The molecule has 6 rings (SSSR count). The first-order valence-electron chi connectivity index (χ1n) is 13.4. The summed E-state index contributed by atoms with van der Waals surface area (Å²) >= 11 is 6.63. The van der Waals surface area contributed by atoms with E-state index in [-0.39, 0.29) is 24.6 Å². The van der Waals surface area contributed by atoms with Gasteiger partial charge in [0.2, 0.25) is 0 Å². The van der Waals surface area contributed by atoms with Gasteiger partial charge in [-0.2, -0.15) is 0 Å². The summed E-state index contributed by atoms with van der Waals surface area (Å²) in [7, 11) is 0. The van der Waals surface area contributed by atoms with Crippen molar-refractivity contribution < 1.29 is 23.5 Å². The van der Waals surface area contributed by atoms with Crippen molar-refractivity contribution in [2.24, 2.45) is 0 Å². The Labute approximate surface area is 245 Å². The minimum atomic E-state index is -0.484. The van der Waals surface area contributed by atoms with Crippen LogP contribution >= 0.6 is 11.6 Å². The fraction of sp³-hybridized carbons (Fsp3) is 0.267. The highest BCUT2D eigenvalue weighted by atomic mass is 35.5. The summed E-state index contributed by atoms with van der Waals surface area (Å²) in [5.41, 5.74) is 2.86. The number of halogens is 2. The van der Waals surface area contributed by atoms with Gasteiger partial charge in [0.25, 0.3) is 5.91 Å². The zero-order valence-corrected chi connectivity index (χ0v) is 23.6. The number of fused-ring (bicyclic) bond motifs is 3. The third-order valence-electron chi connectivity index (χ3n) is 7.34. The maximum atomic E-state index is 15.5. The van der Waals surface area contributed by atoms with E-state index in [2.05, 4.69) is 19.5 Å². The Morgan fingerprint density at radius 2 is 1.81 bits per heavy atom. The highest BCUT2D eigenvalue weighted by Crippen LogP contribution is 2.38. The second kappa shape index (κ2) is 11.3. The molecule has 1 fully saturated rings. The lowest BCUT2D eigenvalue weighted by atomic mass is 10.0. The quantitative estimate of drug-likeness (QED) is 0.234. The van der Waals surface area contributed by atoms with Crippen molar-refractivity contribution in [3.8, 4) is 22.9 Å². The molecule has 0 saturated carbocycles. The average molecular weight is 589 g/mol. The lowest BCUT2D eigenvalue weighted by molar-refractivity contribution is -0.150. The summed E-state index contributed by atoms with van der Waals surface area (Å²) in [6.45, 7) is 3.99. The van der Waals surface area contributed by atoms with Gasteiger partial charge in [-0.25, -0.2) is 19.3 Å². The number of pyridine rings is 1. The molecule has 1 aliphatic heterocycles. The Hall–Kier alpha value is -4.64. The van der Waals surface area contributed by atoms with Crippen LogP contribution in [0.25, 0.3) is 33.1 Å². The standard InChI is InChI=1S/C30H26ClFN6O4/c1-17-36-27-15-35-26-14-25(32)22(21-5-4-20(12-24(21)31)42-30-33-8-3-9-34-30)13-23(26)29(27)38(17)19-6-10-37(11-7-19)28(40)16-41-18(2)39/h3-5,8-9,12-15,19H,6-7,10-11,16H2,1-2H3. The first-order chi connectivity index (χ1) is 20.3. The van der Waals surface area contributed by atoms with E-state index < -0.39 is 11.8 Å². The van der Waals surface area contributed by atoms with E-state index in [0.29, 0.717) is 58.9 Å². The number of carbonyl (C=O) groups excluding carboxylic acids is 2. The first kappa shape index (κ1) is 27.5. The number of hydrogen-bond donors (Lipinski definition) is 0. The second-order valence-electron chi connectivity index (χ2n) is 10.0. The molecule has 1 amide bonds. The third-order valence-corrected chi connectivity index (χ3v) is 7.66. The van der Waals surface area contributed by atoms with Crippen LogP contribution in [0.3, 0.4) is 0 Å². The molecule has 1 saturated heterocycles. The van der Waals surface area contributed by atoms with Gasteiger partial charge in [0.15, 0.2) is 6.61 Å². The molecule has 3 aromatic heterocycles. The van der Waals surface area contributed by atoms with Crippen LogP contribution in [-0.4, -0.2) is 61.0 Å². The van der Waals surface area contributed by atoms with E-state index in [0.717, 1.165) is 16.7 Å². The molecule has 10 nitrogen and oxygen atoms in total. The summed E-state index contributed by atoms with van der Waals surface area (Å²) in [5.74, 6) is 0.0698. The molecular weight excluding hydrogens is 563 g/mol. The number of benzene rings is 2. The van der Waals surface area contributed by atoms with Crippen molar-refractivity contribution in [2.45, 2.75) is 32.7 Å². The van der Waals surface area contributed by atoms with Crippen LogP contribution in [0.5, 0.6) is 11.8 Å². The van der Waals surface area contributed by atoms with Gasteiger partial charge < -0.3 is 18.9 Å². The van der Waals surface area contributed by atoms with Gasteiger partial charge in [-0.15, -0.1) is 0 Å². The van der Waals surface area contributed by atoms with Crippen LogP contribution in [0, 0.1) is 12.7 Å². The van der Waals surface area contributed by atoms with Crippen molar-refractivity contribution in [1.29, 1.82) is 0 Å². The van der Waals surface area contributed by atoms with Gasteiger partial charge in [-0.3, -0.25) is 14.6 Å². The van der Waals surface area contributed by atoms with Gasteiger partial charge >= 0.3 is 12.0 Å². The van der Waals surface area contributed by atoms with E-state index >= 15 is 4.39 Å². The third kappa shape index (κ3) is 5.35. The molecule has 0 spiro atoms. The predicted molar refractivity (Wildman–Crippen MR) is 154 cm³/mol. The van der Waals surface area contributed by atoms with Crippen LogP contribution in [0.15, 0.2) is 55.0 Å². The lowest BCUT2D eigenvalue weighted by Gasteiger charge is -2.33. The Morgan fingerprint density at radius 3 is 2.52 bits per heavy atom. The van der Waals surface area contributed by atoms with Crippen molar-refractivity contribution in [3.63, 3.8) is 0 Å². The van der Waals surface area contributed by atoms with Crippen molar-refractivity contribution >= 4 is 45.4 Å². The monoisotopic (exact) mass is 588 g/mol. The Balaban J connectivity index is 1.34. The van der Waals surface area contributed by atoms with Crippen LogP contribution in [0.4, 0.5) is 4.39 Å². The predicted octanol–water partition coefficient (Wildman–Crippen LogP) is 5.66. The number of esters is 1. The van der Waals surface area contributed by atoms with E-state index in [1.165, 1.54) is 13.0 Å². The Kier molecular flexibility index (Phi) is 7.42. The highest BCUT2D eigenvalue weighted by Gasteiger charge is 2.27. The number of piperidine rings is 1. The minimum absolute atomic E-state index is 0.0621. The van der Waals surface area contributed by atoms with E-state index in [4.69, 9.17) is 26.1 Å². The number of nitrogens with zero attached hydrogens (tertiary/aromatic N) is 6. The van der Waals surface area contributed by atoms with Gasteiger partial charge in [0.05, 0.1) is 22.3 Å². The molecule has 0 N–H and O–H groups in total. The Morgan fingerprint density at radius 1 is 1.05 bits per heavy atom. The minimum Gasteiger partial charge on any atom is -0.456 e. The number of ether oxygens (including phenoxy) is 2. The molecule has 0 aliphatic carbocycles. The van der Waals surface area contributed by atoms with Gasteiger partial charge in [0, 0.05) is 67.1 Å². The summed E-state index contributed by atoms with van der Waals surface area (Å²) in [4.78, 5) is 42.6. The molecular formula is C30H26ClFN6O4. The topological polar surface area (TPSA) is 112 Å². The summed E-state index contributed by atoms with van der Waals surface area (Å²) in [6, 6.07) is 10.1. The van der Waals surface area contributed by atoms with Crippen LogP contribution in [0.2, 0.25) is 5.02 Å². The maximum Gasteiger partial charge on any atom is 0.321 e. The fourth-order valence-corrected chi connectivity index (χ4v) is 5.69.